The molecule has 0 saturated heterocycles. The van der Waals surface area contributed by atoms with Crippen molar-refractivity contribution in [3.8, 4) is 0 Å². The lowest BCUT2D eigenvalue weighted by Crippen LogP contribution is -2.43. The fourth-order valence-corrected chi connectivity index (χ4v) is 1.18. The van der Waals surface area contributed by atoms with Crippen LogP contribution in [0.3, 0.4) is 0 Å². The van der Waals surface area contributed by atoms with Crippen molar-refractivity contribution in [3.63, 3.8) is 0 Å². The topological polar surface area (TPSA) is 35.2 Å². The van der Waals surface area contributed by atoms with Crippen molar-refractivity contribution in [2.45, 2.75) is 31.4 Å². The first-order valence-electron chi connectivity index (χ1n) is 3.42. The normalized spacial score (nSPS) is 26.0. The summed E-state index contributed by atoms with van der Waals surface area (Å²) >= 11 is 0. The van der Waals surface area contributed by atoms with Gasteiger partial charge in [-0.25, -0.2) is 0 Å². The lowest BCUT2D eigenvalue weighted by atomic mass is 9.92. The Morgan fingerprint density at radius 1 is 1.67 bits per heavy atom. The first kappa shape index (κ1) is 7.03. The molecule has 0 aromatic rings. The van der Waals surface area contributed by atoms with Gasteiger partial charge in [-0.1, -0.05) is 0 Å². The fraction of sp³-hybridized carbons (Fsp3) is 0.857. The van der Waals surface area contributed by atoms with Crippen LogP contribution in [0.15, 0.2) is 0 Å². The maximum atomic E-state index is 5.80. The van der Waals surface area contributed by atoms with E-state index in [9.17, 15) is 0 Å². The van der Waals surface area contributed by atoms with Gasteiger partial charge < -0.3 is 10.5 Å². The minimum absolute atomic E-state index is 0.335. The highest BCUT2D eigenvalue weighted by Crippen LogP contribution is 2.24. The van der Waals surface area contributed by atoms with Gasteiger partial charge in [-0.15, -0.1) is 0 Å². The molecular weight excluding hydrogens is 114 g/mol. The molecule has 1 saturated carbocycles. The van der Waals surface area contributed by atoms with Crippen LogP contribution >= 0.6 is 0 Å². The molecule has 1 atom stereocenters. The van der Waals surface area contributed by atoms with Gasteiger partial charge in [-0.05, 0) is 32.1 Å². The Kier molecular flexibility index (Phi) is 2.09. The van der Waals surface area contributed by atoms with E-state index in [1.54, 1.807) is 7.11 Å². The number of ether oxygens (including phenoxy) is 1. The third-order valence-electron chi connectivity index (χ3n) is 1.90. The van der Waals surface area contributed by atoms with Crippen LogP contribution in [0.2, 0.25) is 0 Å². The van der Waals surface area contributed by atoms with E-state index in [4.69, 9.17) is 10.5 Å². The van der Waals surface area contributed by atoms with Crippen molar-refractivity contribution in [2.24, 2.45) is 5.73 Å². The molecule has 9 heavy (non-hydrogen) atoms. The predicted molar refractivity (Wildman–Crippen MR) is 36.7 cm³/mol. The van der Waals surface area contributed by atoms with Crippen LogP contribution in [-0.2, 0) is 4.74 Å². The SMILES string of the molecule is COC1(N)C[CH]CCC1. The molecule has 1 aliphatic rings. The Balaban J connectivity index is 2.37. The van der Waals surface area contributed by atoms with Crippen molar-refractivity contribution in [1.29, 1.82) is 0 Å². The number of nitrogens with two attached hydrogens (primary N) is 1. The summed E-state index contributed by atoms with van der Waals surface area (Å²) in [6.45, 7) is 0. The zero-order chi connectivity index (χ0) is 6.74. The van der Waals surface area contributed by atoms with Gasteiger partial charge in [-0.3, -0.25) is 0 Å². The summed E-state index contributed by atoms with van der Waals surface area (Å²) in [4.78, 5) is 0. The molecule has 53 valence electrons. The molecule has 1 rings (SSSR count). The summed E-state index contributed by atoms with van der Waals surface area (Å²) < 4.78 is 5.13. The smallest absolute Gasteiger partial charge is 0.116 e. The number of methoxy groups -OCH3 is 1. The maximum absolute atomic E-state index is 5.80. The van der Waals surface area contributed by atoms with Crippen molar-refractivity contribution < 1.29 is 4.74 Å². The molecular formula is C7H14NO. The fourth-order valence-electron chi connectivity index (χ4n) is 1.18. The molecule has 1 fully saturated rings. The van der Waals surface area contributed by atoms with E-state index in [1.165, 1.54) is 12.8 Å². The van der Waals surface area contributed by atoms with Crippen LogP contribution in [0, 0.1) is 6.42 Å². The van der Waals surface area contributed by atoms with E-state index in [2.05, 4.69) is 6.42 Å². The van der Waals surface area contributed by atoms with Gasteiger partial charge in [-0.2, -0.15) is 0 Å². The van der Waals surface area contributed by atoms with Crippen molar-refractivity contribution in [1.82, 2.24) is 0 Å². The second kappa shape index (κ2) is 2.67. The summed E-state index contributed by atoms with van der Waals surface area (Å²) in [6.07, 6.45) is 6.48. The second-order valence-corrected chi connectivity index (χ2v) is 2.65. The van der Waals surface area contributed by atoms with Crippen LogP contribution < -0.4 is 5.73 Å². The lowest BCUT2D eigenvalue weighted by Gasteiger charge is -2.31. The summed E-state index contributed by atoms with van der Waals surface area (Å²) in [7, 11) is 1.68. The first-order chi connectivity index (χ1) is 4.27. The van der Waals surface area contributed by atoms with Crippen molar-refractivity contribution in [3.05, 3.63) is 6.42 Å². The Bertz CT molecular complexity index is 86.9. The molecule has 2 nitrogen and oxygen atoms in total. The molecule has 1 unspecified atom stereocenters. The quantitative estimate of drug-likeness (QED) is 0.536. The lowest BCUT2D eigenvalue weighted by molar-refractivity contribution is -0.0224. The molecule has 1 aliphatic carbocycles. The van der Waals surface area contributed by atoms with E-state index < -0.39 is 0 Å². The molecule has 2 N–H and O–H groups in total. The molecule has 2 heteroatoms. The van der Waals surface area contributed by atoms with E-state index in [0.29, 0.717) is 0 Å². The molecule has 0 spiro atoms. The van der Waals surface area contributed by atoms with Crippen LogP contribution in [-0.4, -0.2) is 12.8 Å². The number of hydrogen-bond acceptors (Lipinski definition) is 2. The minimum atomic E-state index is -0.335. The van der Waals surface area contributed by atoms with Gasteiger partial charge in [0.2, 0.25) is 0 Å². The third kappa shape index (κ3) is 1.66. The molecule has 0 heterocycles. The largest absolute Gasteiger partial charge is 0.364 e. The first-order valence-corrected chi connectivity index (χ1v) is 3.42. The Morgan fingerprint density at radius 3 is 2.78 bits per heavy atom. The molecule has 0 aliphatic heterocycles. The summed E-state index contributed by atoms with van der Waals surface area (Å²) in [6, 6.07) is 0. The maximum Gasteiger partial charge on any atom is 0.116 e. The highest BCUT2D eigenvalue weighted by atomic mass is 16.5. The highest BCUT2D eigenvalue weighted by molar-refractivity contribution is 4.86. The third-order valence-corrected chi connectivity index (χ3v) is 1.90. The second-order valence-electron chi connectivity index (χ2n) is 2.65. The summed E-state index contributed by atoms with van der Waals surface area (Å²) in [5, 5.41) is 0. The van der Waals surface area contributed by atoms with Crippen LogP contribution in [0.25, 0.3) is 0 Å². The van der Waals surface area contributed by atoms with Gasteiger partial charge in [0.05, 0.1) is 0 Å². The monoisotopic (exact) mass is 128 g/mol. The average molecular weight is 128 g/mol. The number of rotatable bonds is 1. The van der Waals surface area contributed by atoms with Gasteiger partial charge in [0.25, 0.3) is 0 Å². The van der Waals surface area contributed by atoms with Gasteiger partial charge in [0, 0.05) is 7.11 Å². The molecule has 0 aromatic heterocycles. The van der Waals surface area contributed by atoms with E-state index in [1.807, 2.05) is 0 Å². The van der Waals surface area contributed by atoms with Crippen LogP contribution in [0.5, 0.6) is 0 Å². The van der Waals surface area contributed by atoms with Gasteiger partial charge >= 0.3 is 0 Å². The Morgan fingerprint density at radius 2 is 2.44 bits per heavy atom. The molecule has 1 radical (unpaired) electrons. The van der Waals surface area contributed by atoms with E-state index >= 15 is 0 Å². The Hall–Kier alpha value is -0.0800. The van der Waals surface area contributed by atoms with Crippen LogP contribution in [0.1, 0.15) is 25.7 Å². The number of hydrogen-bond donors (Lipinski definition) is 1. The standard InChI is InChI=1S/C7H14NO/c1-9-7(8)5-3-2-4-6-7/h3H,2,4-6,8H2,1H3. The average Bonchev–Trinajstić information content (AvgIpc) is 1.90. The van der Waals surface area contributed by atoms with Gasteiger partial charge in [0.15, 0.2) is 0 Å². The van der Waals surface area contributed by atoms with Crippen molar-refractivity contribution >= 4 is 0 Å². The zero-order valence-corrected chi connectivity index (χ0v) is 5.89. The molecule has 0 bridgehead atoms. The Labute approximate surface area is 56.4 Å². The van der Waals surface area contributed by atoms with E-state index in [0.717, 1.165) is 12.8 Å². The zero-order valence-electron chi connectivity index (χ0n) is 5.89. The molecule has 0 amide bonds. The molecule has 0 aromatic carbocycles. The van der Waals surface area contributed by atoms with Gasteiger partial charge in [0.1, 0.15) is 5.72 Å². The highest BCUT2D eigenvalue weighted by Gasteiger charge is 2.26. The summed E-state index contributed by atoms with van der Waals surface area (Å²) in [5.41, 5.74) is 5.47. The van der Waals surface area contributed by atoms with Crippen LogP contribution in [0.4, 0.5) is 0 Å². The summed E-state index contributed by atoms with van der Waals surface area (Å²) in [5.74, 6) is 0. The predicted octanol–water partition coefficient (Wildman–Crippen LogP) is 1.07. The van der Waals surface area contributed by atoms with E-state index in [-0.39, 0.29) is 5.72 Å². The minimum Gasteiger partial charge on any atom is -0.364 e. The van der Waals surface area contributed by atoms with Crippen molar-refractivity contribution in [2.75, 3.05) is 7.11 Å².